The summed E-state index contributed by atoms with van der Waals surface area (Å²) in [5, 5.41) is 12.1. The minimum Gasteiger partial charge on any atom is -0.367 e. The van der Waals surface area contributed by atoms with Crippen LogP contribution in [0.2, 0.25) is 0 Å². The van der Waals surface area contributed by atoms with E-state index in [1.165, 1.54) is 0 Å². The molecule has 0 aromatic rings. The van der Waals surface area contributed by atoms with Crippen molar-refractivity contribution in [1.29, 1.82) is 0 Å². The zero-order chi connectivity index (χ0) is 8.65. The van der Waals surface area contributed by atoms with Crippen LogP contribution in [0, 0.1) is 0 Å². The molecule has 1 aliphatic rings. The van der Waals surface area contributed by atoms with Gasteiger partial charge >= 0.3 is 0 Å². The molecule has 0 fully saturated rings. The van der Waals surface area contributed by atoms with Gasteiger partial charge in [-0.3, -0.25) is 4.79 Å². The van der Waals surface area contributed by atoms with E-state index < -0.39 is 5.72 Å². The smallest absolute Gasteiger partial charge is 0.249 e. The summed E-state index contributed by atoms with van der Waals surface area (Å²) < 4.78 is 0. The Morgan fingerprint density at radius 1 is 1.64 bits per heavy atom. The lowest BCUT2D eigenvalue weighted by atomic mass is 10.0. The normalized spacial score (nSPS) is 31.1. The maximum atomic E-state index is 11.0. The molecule has 0 saturated heterocycles. The van der Waals surface area contributed by atoms with Gasteiger partial charge in [-0.1, -0.05) is 6.92 Å². The van der Waals surface area contributed by atoms with Crippen LogP contribution in [0.5, 0.6) is 0 Å². The molecule has 0 aliphatic carbocycles. The summed E-state index contributed by atoms with van der Waals surface area (Å²) in [4.78, 5) is 11.0. The molecule has 0 aromatic carbocycles. The summed E-state index contributed by atoms with van der Waals surface area (Å²) in [7, 11) is 0. The first-order chi connectivity index (χ1) is 4.99. The lowest BCUT2D eigenvalue weighted by molar-refractivity contribution is -0.120. The van der Waals surface area contributed by atoms with E-state index in [-0.39, 0.29) is 5.91 Å². The highest BCUT2D eigenvalue weighted by atomic mass is 16.3. The maximum Gasteiger partial charge on any atom is 0.249 e. The fraction of sp³-hybridized carbons (Fsp3) is 0.625. The molecular formula is C8H13NO2. The van der Waals surface area contributed by atoms with E-state index in [0.29, 0.717) is 12.0 Å². The molecule has 11 heavy (non-hydrogen) atoms. The molecule has 1 unspecified atom stereocenters. The molecule has 1 amide bonds. The molecule has 1 atom stereocenters. The molecule has 1 heterocycles. The Morgan fingerprint density at radius 2 is 2.18 bits per heavy atom. The van der Waals surface area contributed by atoms with Gasteiger partial charge in [-0.2, -0.15) is 0 Å². The van der Waals surface area contributed by atoms with Crippen molar-refractivity contribution in [2.24, 2.45) is 0 Å². The average Bonchev–Trinajstić information content (AvgIpc) is 2.03. The highest BCUT2D eigenvalue weighted by Crippen LogP contribution is 2.26. The third-order valence-corrected chi connectivity index (χ3v) is 2.09. The second-order valence-electron chi connectivity index (χ2n) is 2.98. The number of carbonyl (C=O) groups is 1. The van der Waals surface area contributed by atoms with E-state index in [1.807, 2.05) is 6.92 Å². The number of rotatable bonds is 1. The number of carbonyl (C=O) groups excluding carboxylic acids is 1. The van der Waals surface area contributed by atoms with Crippen LogP contribution in [0.25, 0.3) is 0 Å². The summed E-state index contributed by atoms with van der Waals surface area (Å²) in [6.07, 6.45) is 0.706. The minimum absolute atomic E-state index is 0.160. The van der Waals surface area contributed by atoms with Crippen molar-refractivity contribution in [2.45, 2.75) is 32.9 Å². The van der Waals surface area contributed by atoms with E-state index in [1.54, 1.807) is 13.8 Å². The van der Waals surface area contributed by atoms with Gasteiger partial charge in [-0.05, 0) is 25.8 Å². The van der Waals surface area contributed by atoms with E-state index in [2.05, 4.69) is 5.32 Å². The van der Waals surface area contributed by atoms with Crippen molar-refractivity contribution < 1.29 is 9.90 Å². The average molecular weight is 155 g/mol. The van der Waals surface area contributed by atoms with Crippen LogP contribution in [0.4, 0.5) is 0 Å². The van der Waals surface area contributed by atoms with Crippen LogP contribution >= 0.6 is 0 Å². The van der Waals surface area contributed by atoms with Gasteiger partial charge in [0.1, 0.15) is 0 Å². The van der Waals surface area contributed by atoms with Gasteiger partial charge in [0.2, 0.25) is 5.91 Å². The first-order valence-corrected chi connectivity index (χ1v) is 3.74. The minimum atomic E-state index is -1.12. The number of hydrogen-bond donors (Lipinski definition) is 2. The van der Waals surface area contributed by atoms with E-state index in [4.69, 9.17) is 0 Å². The topological polar surface area (TPSA) is 49.3 Å². The Kier molecular flexibility index (Phi) is 1.76. The highest BCUT2D eigenvalue weighted by molar-refractivity contribution is 5.97. The Balaban J connectivity index is 3.06. The van der Waals surface area contributed by atoms with Crippen molar-refractivity contribution in [3.8, 4) is 0 Å². The molecule has 62 valence electrons. The zero-order valence-electron chi connectivity index (χ0n) is 7.06. The van der Waals surface area contributed by atoms with E-state index >= 15 is 0 Å². The molecule has 0 saturated carbocycles. The van der Waals surface area contributed by atoms with Gasteiger partial charge in [-0.15, -0.1) is 0 Å². The fourth-order valence-corrected chi connectivity index (χ4v) is 1.50. The second kappa shape index (κ2) is 2.34. The molecule has 3 nitrogen and oxygen atoms in total. The van der Waals surface area contributed by atoms with Crippen LogP contribution in [0.3, 0.4) is 0 Å². The van der Waals surface area contributed by atoms with Gasteiger partial charge in [0.25, 0.3) is 0 Å². The van der Waals surface area contributed by atoms with Gasteiger partial charge in [0, 0.05) is 5.57 Å². The molecule has 0 aromatic heterocycles. The van der Waals surface area contributed by atoms with Crippen LogP contribution < -0.4 is 5.32 Å². The predicted molar refractivity (Wildman–Crippen MR) is 41.8 cm³/mol. The fourth-order valence-electron chi connectivity index (χ4n) is 1.50. The third-order valence-electron chi connectivity index (χ3n) is 2.09. The Labute approximate surface area is 66.1 Å². The van der Waals surface area contributed by atoms with Crippen molar-refractivity contribution in [1.82, 2.24) is 5.32 Å². The summed E-state index contributed by atoms with van der Waals surface area (Å²) in [6.45, 7) is 5.25. The first-order valence-electron chi connectivity index (χ1n) is 3.74. The van der Waals surface area contributed by atoms with Crippen molar-refractivity contribution in [2.75, 3.05) is 0 Å². The second-order valence-corrected chi connectivity index (χ2v) is 2.98. The summed E-state index contributed by atoms with van der Waals surface area (Å²) >= 11 is 0. The molecule has 1 aliphatic heterocycles. The van der Waals surface area contributed by atoms with Crippen LogP contribution in [-0.2, 0) is 4.79 Å². The number of amides is 1. The third kappa shape index (κ3) is 1.16. The largest absolute Gasteiger partial charge is 0.367 e. The SMILES string of the molecule is CCC1=C(C)C(=O)NC1(C)O. The molecule has 0 spiro atoms. The van der Waals surface area contributed by atoms with Crippen molar-refractivity contribution >= 4 is 5.91 Å². The monoisotopic (exact) mass is 155 g/mol. The molecule has 1 rings (SSSR count). The molecule has 0 radical (unpaired) electrons. The molecular weight excluding hydrogens is 142 g/mol. The van der Waals surface area contributed by atoms with Gasteiger partial charge in [0.05, 0.1) is 0 Å². The van der Waals surface area contributed by atoms with E-state index in [9.17, 15) is 9.90 Å². The lowest BCUT2D eigenvalue weighted by Gasteiger charge is -2.19. The van der Waals surface area contributed by atoms with Gasteiger partial charge < -0.3 is 10.4 Å². The molecule has 3 heteroatoms. The van der Waals surface area contributed by atoms with Crippen molar-refractivity contribution in [3.05, 3.63) is 11.1 Å². The molecule has 0 bridgehead atoms. The quantitative estimate of drug-likeness (QED) is 0.581. The lowest BCUT2D eigenvalue weighted by Crippen LogP contribution is -2.41. The van der Waals surface area contributed by atoms with E-state index in [0.717, 1.165) is 5.57 Å². The zero-order valence-corrected chi connectivity index (χ0v) is 7.06. The van der Waals surface area contributed by atoms with Gasteiger partial charge in [-0.25, -0.2) is 0 Å². The number of nitrogens with one attached hydrogen (secondary N) is 1. The Morgan fingerprint density at radius 3 is 2.36 bits per heavy atom. The van der Waals surface area contributed by atoms with Gasteiger partial charge in [0.15, 0.2) is 5.72 Å². The summed E-state index contributed by atoms with van der Waals surface area (Å²) in [6, 6.07) is 0. The van der Waals surface area contributed by atoms with Crippen LogP contribution in [-0.4, -0.2) is 16.7 Å². The number of hydrogen-bond acceptors (Lipinski definition) is 2. The van der Waals surface area contributed by atoms with Crippen LogP contribution in [0.15, 0.2) is 11.1 Å². The Bertz CT molecular complexity index is 228. The predicted octanol–water partition coefficient (Wildman–Crippen LogP) is 0.551. The van der Waals surface area contributed by atoms with Crippen molar-refractivity contribution in [3.63, 3.8) is 0 Å². The highest BCUT2D eigenvalue weighted by Gasteiger charge is 2.36. The number of aliphatic hydroxyl groups is 1. The van der Waals surface area contributed by atoms with Crippen LogP contribution in [0.1, 0.15) is 27.2 Å². The maximum absolute atomic E-state index is 11.0. The summed E-state index contributed by atoms with van der Waals surface area (Å²) in [5.41, 5.74) is 0.329. The standard InChI is InChI=1S/C8H13NO2/c1-4-6-5(2)7(10)9-8(6,3)11/h11H,4H2,1-3H3,(H,9,10). The summed E-state index contributed by atoms with van der Waals surface area (Å²) in [5.74, 6) is -0.160. The first kappa shape index (κ1) is 8.27. The molecule has 2 N–H and O–H groups in total. The Hall–Kier alpha value is -0.830.